The summed E-state index contributed by atoms with van der Waals surface area (Å²) < 4.78 is 38.3. The molecule has 5 heterocycles. The van der Waals surface area contributed by atoms with E-state index in [1.165, 1.54) is 18.3 Å². The largest absolute Gasteiger partial charge is 0.455 e. The van der Waals surface area contributed by atoms with Gasteiger partial charge in [-0.25, -0.2) is 0 Å². The molecule has 3 aliphatic heterocycles. The van der Waals surface area contributed by atoms with Crippen LogP contribution in [0.4, 0.5) is 13.2 Å². The second-order valence-corrected chi connectivity index (χ2v) is 8.24. The van der Waals surface area contributed by atoms with Gasteiger partial charge >= 0.3 is 6.18 Å². The number of pyridine rings is 1. The molecule has 0 aromatic carbocycles. The zero-order valence-corrected chi connectivity index (χ0v) is 15.4. The Morgan fingerprint density at radius 2 is 1.96 bits per heavy atom. The minimum Gasteiger partial charge on any atom is -0.346 e. The number of nitrogens with zero attached hydrogens (tertiary/aromatic N) is 2. The summed E-state index contributed by atoms with van der Waals surface area (Å²) in [4.78, 5) is 30.1. The number of hydrogen-bond acceptors (Lipinski definition) is 5. The van der Waals surface area contributed by atoms with E-state index in [1.807, 2.05) is 0 Å². The van der Waals surface area contributed by atoms with Crippen LogP contribution in [0.2, 0.25) is 0 Å². The number of halogens is 3. The van der Waals surface area contributed by atoms with E-state index >= 15 is 0 Å². The lowest BCUT2D eigenvalue weighted by Gasteiger charge is -2.49. The van der Waals surface area contributed by atoms with Crippen LogP contribution in [0, 0.1) is 5.92 Å². The number of nitrogens with one attached hydrogen (secondary N) is 1. The maximum absolute atomic E-state index is 12.6. The number of rotatable bonds is 3. The van der Waals surface area contributed by atoms with E-state index in [2.05, 4.69) is 22.1 Å². The van der Waals surface area contributed by atoms with Gasteiger partial charge in [0.15, 0.2) is 0 Å². The first-order valence-corrected chi connectivity index (χ1v) is 9.61. The number of thiophene rings is 1. The minimum absolute atomic E-state index is 0.0446. The van der Waals surface area contributed by atoms with Crippen LogP contribution in [0.25, 0.3) is 10.1 Å². The first-order chi connectivity index (χ1) is 12.7. The Labute approximate surface area is 157 Å². The molecule has 2 aromatic heterocycles. The van der Waals surface area contributed by atoms with Crippen LogP contribution in [-0.2, 0) is 0 Å². The van der Waals surface area contributed by atoms with Gasteiger partial charge in [-0.05, 0) is 50.9 Å². The molecule has 2 aromatic rings. The lowest BCUT2D eigenvalue weighted by molar-refractivity contribution is -0.0882. The van der Waals surface area contributed by atoms with Gasteiger partial charge in [-0.1, -0.05) is 0 Å². The molecule has 5 rings (SSSR count). The molecule has 1 amide bonds. The van der Waals surface area contributed by atoms with Crippen molar-refractivity contribution < 1.29 is 22.8 Å². The summed E-state index contributed by atoms with van der Waals surface area (Å²) in [5, 5.41) is 3.47. The Morgan fingerprint density at radius 1 is 1.26 bits per heavy atom. The predicted molar refractivity (Wildman–Crippen MR) is 95.0 cm³/mol. The van der Waals surface area contributed by atoms with Gasteiger partial charge in [0, 0.05) is 28.4 Å². The van der Waals surface area contributed by atoms with E-state index < -0.39 is 16.8 Å². The molecule has 144 valence electrons. The fraction of sp³-hybridized carbons (Fsp3) is 0.500. The number of fused-ring (bicyclic) bond motifs is 4. The highest BCUT2D eigenvalue weighted by atomic mass is 32.1. The Morgan fingerprint density at radius 3 is 2.59 bits per heavy atom. The van der Waals surface area contributed by atoms with Crippen molar-refractivity contribution in [3.05, 3.63) is 28.9 Å². The summed E-state index contributed by atoms with van der Waals surface area (Å²) in [7, 11) is 0. The van der Waals surface area contributed by atoms with E-state index in [1.54, 1.807) is 0 Å². The Hall–Kier alpha value is -2.00. The Kier molecular flexibility index (Phi) is 4.46. The van der Waals surface area contributed by atoms with Crippen molar-refractivity contribution in [1.29, 1.82) is 0 Å². The van der Waals surface area contributed by atoms with Crippen molar-refractivity contribution >= 4 is 33.1 Å². The highest BCUT2D eigenvalue weighted by molar-refractivity contribution is 7.20. The maximum atomic E-state index is 12.6. The Bertz CT molecular complexity index is 901. The van der Waals surface area contributed by atoms with Gasteiger partial charge in [-0.15, -0.1) is 11.3 Å². The van der Waals surface area contributed by atoms with E-state index in [9.17, 15) is 22.8 Å². The molecule has 0 saturated carbocycles. The summed E-state index contributed by atoms with van der Waals surface area (Å²) in [6.45, 7) is 4.20. The second kappa shape index (κ2) is 6.56. The molecule has 3 fully saturated rings. The van der Waals surface area contributed by atoms with Crippen LogP contribution in [0.3, 0.4) is 0 Å². The van der Waals surface area contributed by atoms with Crippen molar-refractivity contribution in [1.82, 2.24) is 15.2 Å². The molecule has 9 heteroatoms. The molecule has 5 nitrogen and oxygen atoms in total. The van der Waals surface area contributed by atoms with E-state index in [0.717, 1.165) is 37.3 Å². The van der Waals surface area contributed by atoms with Gasteiger partial charge in [0.1, 0.15) is 5.69 Å². The number of amides is 1. The zero-order chi connectivity index (χ0) is 19.3. The number of alkyl halides is 3. The van der Waals surface area contributed by atoms with Crippen LogP contribution in [0.5, 0.6) is 0 Å². The number of aromatic nitrogens is 1. The van der Waals surface area contributed by atoms with Crippen molar-refractivity contribution in [2.75, 3.05) is 13.1 Å². The summed E-state index contributed by atoms with van der Waals surface area (Å²) in [6, 6.07) is 2.92. The maximum Gasteiger partial charge on any atom is 0.455 e. The molecule has 0 spiro atoms. The monoisotopic (exact) mass is 397 g/mol. The van der Waals surface area contributed by atoms with Gasteiger partial charge in [0.05, 0.1) is 4.88 Å². The highest BCUT2D eigenvalue weighted by Crippen LogP contribution is 2.33. The standard InChI is InChI=1S/C18H18F3N3O2S/c1-9-15(10-2-4-24(9)5-3-10)23-17(26)12-7-13-11(8-22-12)6-14(27-13)16(25)18(19,20)21/h6-10,15H,2-5H2,1H3,(H,23,26). The molecule has 0 radical (unpaired) electrons. The van der Waals surface area contributed by atoms with Gasteiger partial charge in [-0.2, -0.15) is 13.2 Å². The number of Topliss-reactive ketones (excluding diaryl/α,β-unsaturated/α-hetero) is 1. The van der Waals surface area contributed by atoms with E-state index in [-0.39, 0.29) is 23.7 Å². The topological polar surface area (TPSA) is 62.3 Å². The van der Waals surface area contributed by atoms with Gasteiger partial charge in [0.25, 0.3) is 11.7 Å². The fourth-order valence-corrected chi connectivity index (χ4v) is 5.11. The number of carbonyl (C=O) groups excluding carboxylic acids is 2. The quantitative estimate of drug-likeness (QED) is 0.808. The molecule has 3 saturated heterocycles. The third-order valence-corrected chi connectivity index (χ3v) is 6.69. The molecule has 2 bridgehead atoms. The molecule has 2 atom stereocenters. The molecule has 2 unspecified atom stereocenters. The summed E-state index contributed by atoms with van der Waals surface area (Å²) in [5.41, 5.74) is 0.152. The Balaban J connectivity index is 1.55. The van der Waals surface area contributed by atoms with Crippen molar-refractivity contribution in [3.63, 3.8) is 0 Å². The fourth-order valence-electron chi connectivity index (χ4n) is 4.08. The molecule has 3 aliphatic rings. The summed E-state index contributed by atoms with van der Waals surface area (Å²) in [6.07, 6.45) is -1.47. The van der Waals surface area contributed by atoms with E-state index in [4.69, 9.17) is 0 Å². The molecular weight excluding hydrogens is 379 g/mol. The first-order valence-electron chi connectivity index (χ1n) is 8.80. The van der Waals surface area contributed by atoms with Crippen LogP contribution in [-0.4, -0.2) is 52.9 Å². The average Bonchev–Trinajstić information content (AvgIpc) is 3.06. The van der Waals surface area contributed by atoms with Crippen LogP contribution in [0.1, 0.15) is 39.9 Å². The predicted octanol–water partition coefficient (Wildman–Crippen LogP) is 3.25. The number of ketones is 1. The number of hydrogen-bond donors (Lipinski definition) is 1. The van der Waals surface area contributed by atoms with Crippen molar-refractivity contribution in [2.24, 2.45) is 5.92 Å². The molecule has 0 aliphatic carbocycles. The van der Waals surface area contributed by atoms with Crippen molar-refractivity contribution in [3.8, 4) is 0 Å². The van der Waals surface area contributed by atoms with Crippen LogP contribution in [0.15, 0.2) is 18.3 Å². The first kappa shape index (κ1) is 18.4. The lowest BCUT2D eigenvalue weighted by atomic mass is 9.79. The highest BCUT2D eigenvalue weighted by Gasteiger charge is 2.41. The summed E-state index contributed by atoms with van der Waals surface area (Å²) in [5.74, 6) is -1.77. The second-order valence-electron chi connectivity index (χ2n) is 7.16. The summed E-state index contributed by atoms with van der Waals surface area (Å²) >= 11 is 0.725. The SMILES string of the molecule is CC1C(NC(=O)c2cc3sc(C(=O)C(F)(F)F)cc3cn2)C2CCN1CC2. The third kappa shape index (κ3) is 3.34. The van der Waals surface area contributed by atoms with E-state index in [0.29, 0.717) is 16.0 Å². The zero-order valence-electron chi connectivity index (χ0n) is 14.5. The third-order valence-electron chi connectivity index (χ3n) is 5.59. The minimum atomic E-state index is -4.92. The molecule has 1 N–H and O–H groups in total. The van der Waals surface area contributed by atoms with Gasteiger partial charge < -0.3 is 5.32 Å². The average molecular weight is 397 g/mol. The van der Waals surface area contributed by atoms with Gasteiger partial charge in [0.2, 0.25) is 0 Å². The van der Waals surface area contributed by atoms with Gasteiger partial charge in [-0.3, -0.25) is 19.5 Å². The van der Waals surface area contributed by atoms with Crippen LogP contribution < -0.4 is 5.32 Å². The number of piperidine rings is 3. The van der Waals surface area contributed by atoms with Crippen molar-refractivity contribution in [2.45, 2.75) is 38.0 Å². The number of carbonyl (C=O) groups is 2. The molecule has 27 heavy (non-hydrogen) atoms. The molecular formula is C18H18F3N3O2S. The van der Waals surface area contributed by atoms with Crippen LogP contribution >= 0.6 is 11.3 Å². The lowest BCUT2D eigenvalue weighted by Crippen LogP contribution is -2.62. The normalized spacial score (nSPS) is 27.7. The smallest absolute Gasteiger partial charge is 0.346 e.